The fraction of sp³-hybridized carbons (Fsp3) is 0.345. The van der Waals surface area contributed by atoms with Crippen LogP contribution in [0.4, 0.5) is 0 Å². The van der Waals surface area contributed by atoms with Crippen molar-refractivity contribution in [2.24, 2.45) is 5.92 Å². The Hall–Kier alpha value is -4.47. The largest absolute Gasteiger partial charge is 0.493 e. The highest BCUT2D eigenvalue weighted by Crippen LogP contribution is 2.39. The fourth-order valence-electron chi connectivity index (χ4n) is 4.56. The lowest BCUT2D eigenvalue weighted by molar-refractivity contribution is -0.123. The number of rotatable bonds is 5. The molecule has 0 saturated carbocycles. The zero-order chi connectivity index (χ0) is 27.9. The molecule has 4 rings (SSSR count). The second kappa shape index (κ2) is 12.4. The summed E-state index contributed by atoms with van der Waals surface area (Å²) in [6.45, 7) is 4.64. The van der Waals surface area contributed by atoms with Crippen molar-refractivity contribution >= 4 is 17.7 Å². The van der Waals surface area contributed by atoms with Crippen LogP contribution in [0.5, 0.6) is 11.5 Å². The smallest absolute Gasteiger partial charge is 0.255 e. The summed E-state index contributed by atoms with van der Waals surface area (Å²) in [5.74, 6) is 0.167. The van der Waals surface area contributed by atoms with E-state index in [9.17, 15) is 14.4 Å². The van der Waals surface area contributed by atoms with Gasteiger partial charge in [0.15, 0.2) is 11.5 Å². The topological polar surface area (TPSA) is 123 Å². The minimum absolute atomic E-state index is 0.162. The molecule has 0 fully saturated rings. The molecule has 3 heterocycles. The molecule has 0 aliphatic carbocycles. The van der Waals surface area contributed by atoms with Crippen LogP contribution in [-0.2, 0) is 11.3 Å². The number of nitrogens with zero attached hydrogens (tertiary/aromatic N) is 3. The number of benzene rings is 1. The molecule has 39 heavy (non-hydrogen) atoms. The number of ether oxygens (including phenoxy) is 2. The van der Waals surface area contributed by atoms with Gasteiger partial charge in [-0.25, -0.2) is 0 Å². The molecule has 4 bridgehead atoms. The van der Waals surface area contributed by atoms with Crippen molar-refractivity contribution in [1.82, 2.24) is 25.5 Å². The first-order valence-corrected chi connectivity index (χ1v) is 12.8. The van der Waals surface area contributed by atoms with Crippen LogP contribution in [0.3, 0.4) is 0 Å². The molecule has 0 spiro atoms. The third kappa shape index (κ3) is 6.51. The van der Waals surface area contributed by atoms with Crippen molar-refractivity contribution < 1.29 is 23.9 Å². The van der Waals surface area contributed by atoms with Crippen LogP contribution >= 0.6 is 0 Å². The van der Waals surface area contributed by atoms with Crippen molar-refractivity contribution in [3.05, 3.63) is 71.8 Å². The van der Waals surface area contributed by atoms with E-state index in [1.54, 1.807) is 49.7 Å². The summed E-state index contributed by atoms with van der Waals surface area (Å²) in [4.78, 5) is 49.9. The molecule has 10 nitrogen and oxygen atoms in total. The molecule has 0 radical (unpaired) electrons. The summed E-state index contributed by atoms with van der Waals surface area (Å²) in [6.07, 6.45) is 6.67. The highest BCUT2D eigenvalue weighted by Gasteiger charge is 2.25. The number of nitrogens with one attached hydrogen (secondary N) is 2. The maximum Gasteiger partial charge on any atom is 0.255 e. The Morgan fingerprint density at radius 3 is 2.56 bits per heavy atom. The number of pyridine rings is 2. The molecule has 1 atom stereocenters. The SMILES string of the molecule is COc1cc2cc(c1OC)-c1cncc(c1)C(=O)N[C@H](CC(C)C)C(=O)NCCN(C(=O)c1cccnc1)C2. The molecule has 1 aliphatic heterocycles. The molecule has 2 aromatic heterocycles. The Kier molecular flexibility index (Phi) is 8.75. The molecule has 0 saturated heterocycles. The molecule has 2 N–H and O–H groups in total. The summed E-state index contributed by atoms with van der Waals surface area (Å²) in [6, 6.07) is 8.07. The van der Waals surface area contributed by atoms with Gasteiger partial charge >= 0.3 is 0 Å². The zero-order valence-electron chi connectivity index (χ0n) is 22.6. The van der Waals surface area contributed by atoms with Crippen molar-refractivity contribution in [2.45, 2.75) is 32.9 Å². The Labute approximate surface area is 227 Å². The van der Waals surface area contributed by atoms with Gasteiger partial charge in [0.2, 0.25) is 5.91 Å². The number of methoxy groups -OCH3 is 2. The first-order chi connectivity index (χ1) is 18.8. The van der Waals surface area contributed by atoms with E-state index >= 15 is 0 Å². The summed E-state index contributed by atoms with van der Waals surface area (Å²) in [5.41, 5.74) is 2.80. The second-order valence-corrected chi connectivity index (χ2v) is 9.76. The quantitative estimate of drug-likeness (QED) is 0.519. The lowest BCUT2D eigenvalue weighted by Crippen LogP contribution is -2.49. The molecule has 0 unspecified atom stereocenters. The molecule has 1 aromatic carbocycles. The van der Waals surface area contributed by atoms with Crippen LogP contribution in [-0.4, -0.2) is 65.9 Å². The van der Waals surface area contributed by atoms with E-state index in [0.717, 1.165) is 5.56 Å². The van der Waals surface area contributed by atoms with E-state index < -0.39 is 11.9 Å². The number of hydrogen-bond donors (Lipinski definition) is 2. The third-order valence-corrected chi connectivity index (χ3v) is 6.43. The van der Waals surface area contributed by atoms with E-state index in [2.05, 4.69) is 20.6 Å². The van der Waals surface area contributed by atoms with Gasteiger partial charge in [-0.3, -0.25) is 24.4 Å². The highest BCUT2D eigenvalue weighted by molar-refractivity contribution is 5.98. The lowest BCUT2D eigenvalue weighted by Gasteiger charge is -2.25. The summed E-state index contributed by atoms with van der Waals surface area (Å²) < 4.78 is 11.3. The normalized spacial score (nSPS) is 16.0. The number of hydrogen-bond acceptors (Lipinski definition) is 7. The molecular weight excluding hydrogens is 498 g/mol. The van der Waals surface area contributed by atoms with Crippen LogP contribution in [0.2, 0.25) is 0 Å². The summed E-state index contributed by atoms with van der Waals surface area (Å²) >= 11 is 0. The number of carbonyl (C=O) groups is 3. The van der Waals surface area contributed by atoms with E-state index in [1.807, 2.05) is 26.0 Å². The average Bonchev–Trinajstić information content (AvgIpc) is 2.95. The van der Waals surface area contributed by atoms with Gasteiger partial charge in [-0.2, -0.15) is 0 Å². The maximum absolute atomic E-state index is 13.5. The van der Waals surface area contributed by atoms with Crippen LogP contribution in [0.1, 0.15) is 46.5 Å². The third-order valence-electron chi connectivity index (χ3n) is 6.43. The minimum atomic E-state index is -0.746. The fourth-order valence-corrected chi connectivity index (χ4v) is 4.56. The Morgan fingerprint density at radius 2 is 1.87 bits per heavy atom. The monoisotopic (exact) mass is 531 g/mol. The maximum atomic E-state index is 13.5. The van der Waals surface area contributed by atoms with Gasteiger partial charge in [0.25, 0.3) is 11.8 Å². The molecule has 204 valence electrons. The standard InChI is InChI=1S/C29H33N5O5/c1-18(2)10-24-28(36)32-8-9-34(29(37)20-6-5-7-30-14-20)17-19-11-23(26(39-4)25(12-19)38-3)21-13-22(16-31-15-21)27(35)33-24/h5-7,11-16,18,24H,8-10,17H2,1-4H3,(H,32,36)(H,33,35)/t24-/m1/s1. The zero-order valence-corrected chi connectivity index (χ0v) is 22.6. The van der Waals surface area contributed by atoms with Crippen molar-refractivity contribution in [2.75, 3.05) is 27.3 Å². The first kappa shape index (κ1) is 27.6. The highest BCUT2D eigenvalue weighted by atomic mass is 16.5. The molecule has 1 aliphatic rings. The van der Waals surface area contributed by atoms with Gasteiger partial charge in [-0.1, -0.05) is 13.8 Å². The van der Waals surface area contributed by atoms with Crippen LogP contribution < -0.4 is 20.1 Å². The number of fused-ring (bicyclic) bond motifs is 5. The van der Waals surface area contributed by atoms with E-state index in [4.69, 9.17) is 9.47 Å². The number of aromatic nitrogens is 2. The van der Waals surface area contributed by atoms with E-state index in [0.29, 0.717) is 40.2 Å². The summed E-state index contributed by atoms with van der Waals surface area (Å²) in [5, 5.41) is 5.75. The number of amides is 3. The van der Waals surface area contributed by atoms with Gasteiger partial charge in [0.05, 0.1) is 25.3 Å². The Balaban J connectivity index is 1.83. The van der Waals surface area contributed by atoms with Crippen molar-refractivity contribution in [3.63, 3.8) is 0 Å². The molecule has 10 heteroatoms. The summed E-state index contributed by atoms with van der Waals surface area (Å²) in [7, 11) is 3.08. The van der Waals surface area contributed by atoms with Gasteiger partial charge in [0.1, 0.15) is 6.04 Å². The van der Waals surface area contributed by atoms with Crippen LogP contribution in [0, 0.1) is 5.92 Å². The van der Waals surface area contributed by atoms with Gasteiger partial charge < -0.3 is 25.0 Å². The average molecular weight is 532 g/mol. The van der Waals surface area contributed by atoms with Gasteiger partial charge in [-0.05, 0) is 48.2 Å². The van der Waals surface area contributed by atoms with Crippen molar-refractivity contribution in [3.8, 4) is 22.6 Å². The predicted molar refractivity (Wildman–Crippen MR) is 145 cm³/mol. The number of carbonyl (C=O) groups excluding carboxylic acids is 3. The Bertz CT molecular complexity index is 1350. The van der Waals surface area contributed by atoms with E-state index in [-0.39, 0.29) is 37.4 Å². The predicted octanol–water partition coefficient (Wildman–Crippen LogP) is 3.08. The van der Waals surface area contributed by atoms with E-state index in [1.165, 1.54) is 12.4 Å². The lowest BCUT2D eigenvalue weighted by atomic mass is 10.00. The van der Waals surface area contributed by atoms with Gasteiger partial charge in [-0.15, -0.1) is 0 Å². The minimum Gasteiger partial charge on any atom is -0.493 e. The van der Waals surface area contributed by atoms with Crippen LogP contribution in [0.15, 0.2) is 55.1 Å². The van der Waals surface area contributed by atoms with Crippen molar-refractivity contribution in [1.29, 1.82) is 0 Å². The molecule has 3 amide bonds. The van der Waals surface area contributed by atoms with Crippen LogP contribution in [0.25, 0.3) is 11.1 Å². The molecule has 3 aromatic rings. The van der Waals surface area contributed by atoms with Gasteiger partial charge in [0, 0.05) is 55.5 Å². The second-order valence-electron chi connectivity index (χ2n) is 9.76. The first-order valence-electron chi connectivity index (χ1n) is 12.8. The molecular formula is C29H33N5O5. The Morgan fingerprint density at radius 1 is 1.08 bits per heavy atom.